The van der Waals surface area contributed by atoms with Crippen LogP contribution >= 0.6 is 0 Å². The zero-order chi connectivity index (χ0) is 21.1. The Kier molecular flexibility index (Phi) is 6.24. The van der Waals surface area contributed by atoms with E-state index < -0.39 is 0 Å². The Morgan fingerprint density at radius 1 is 1.03 bits per heavy atom. The second-order valence-corrected chi connectivity index (χ2v) is 8.85. The minimum Gasteiger partial charge on any atom is -0.368 e. The lowest BCUT2D eigenvalue weighted by Gasteiger charge is -2.37. The number of allylic oxidation sites excluding steroid dienone is 1. The molecule has 4 heteroatoms. The van der Waals surface area contributed by atoms with Crippen molar-refractivity contribution >= 4 is 22.3 Å². The summed E-state index contributed by atoms with van der Waals surface area (Å²) in [5.74, 6) is 0.729. The predicted molar refractivity (Wildman–Crippen MR) is 128 cm³/mol. The van der Waals surface area contributed by atoms with Crippen LogP contribution in [0.25, 0.3) is 16.6 Å². The van der Waals surface area contributed by atoms with Crippen LogP contribution in [-0.2, 0) is 6.54 Å². The third kappa shape index (κ3) is 4.44. The third-order valence-electron chi connectivity index (χ3n) is 6.12. The van der Waals surface area contributed by atoms with Crippen LogP contribution in [-0.4, -0.2) is 47.2 Å². The first-order valence-electron chi connectivity index (χ1n) is 11.2. The maximum Gasteiger partial charge on any atom is 0.142 e. The number of hydrogen-bond donors (Lipinski definition) is 0. The molecule has 2 aromatic heterocycles. The first-order valence-corrected chi connectivity index (χ1v) is 11.2. The van der Waals surface area contributed by atoms with Crippen molar-refractivity contribution in [2.24, 2.45) is 5.92 Å². The van der Waals surface area contributed by atoms with Crippen molar-refractivity contribution in [1.29, 1.82) is 0 Å². The normalized spacial score (nSPS) is 15.3. The fraction of sp³-hybridized carbons (Fsp3) is 0.423. The third-order valence-corrected chi connectivity index (χ3v) is 6.12. The second kappa shape index (κ2) is 9.05. The molecule has 3 heterocycles. The van der Waals surface area contributed by atoms with E-state index in [1.807, 2.05) is 6.20 Å². The first kappa shape index (κ1) is 20.7. The van der Waals surface area contributed by atoms with E-state index in [9.17, 15) is 0 Å². The molecule has 0 atom stereocenters. The van der Waals surface area contributed by atoms with Gasteiger partial charge in [-0.05, 0) is 41.2 Å². The molecule has 0 N–H and O–H groups in total. The van der Waals surface area contributed by atoms with Crippen molar-refractivity contribution in [3.8, 4) is 0 Å². The van der Waals surface area contributed by atoms with Crippen molar-refractivity contribution < 1.29 is 0 Å². The molecular weight excluding hydrogens is 368 g/mol. The topological polar surface area (TPSA) is 24.3 Å². The number of anilines is 1. The standard InChI is InChI=1S/C26H34N4/c1-5-21(4)23-8-6-22(7-9-23)19-30-13-11-24-25(10-12-27-26(24)30)29-16-14-28(15-17-29)18-20(2)3/h6-13,20H,4-5,14-19H2,1-3H3. The van der Waals surface area contributed by atoms with Gasteiger partial charge in [-0.3, -0.25) is 4.90 Å². The Morgan fingerprint density at radius 2 is 1.77 bits per heavy atom. The summed E-state index contributed by atoms with van der Waals surface area (Å²) in [6.07, 6.45) is 5.12. The fourth-order valence-electron chi connectivity index (χ4n) is 4.41. The zero-order valence-electron chi connectivity index (χ0n) is 18.6. The van der Waals surface area contributed by atoms with E-state index in [1.165, 1.54) is 34.3 Å². The van der Waals surface area contributed by atoms with Crippen LogP contribution in [0, 0.1) is 5.92 Å². The highest BCUT2D eigenvalue weighted by Gasteiger charge is 2.20. The van der Waals surface area contributed by atoms with Gasteiger partial charge in [-0.15, -0.1) is 0 Å². The molecule has 0 radical (unpaired) electrons. The summed E-state index contributed by atoms with van der Waals surface area (Å²) in [5, 5.41) is 1.26. The molecular formula is C26H34N4. The van der Waals surface area contributed by atoms with E-state index in [4.69, 9.17) is 4.98 Å². The van der Waals surface area contributed by atoms with Crippen molar-refractivity contribution in [1.82, 2.24) is 14.5 Å². The highest BCUT2D eigenvalue weighted by Crippen LogP contribution is 2.28. The maximum atomic E-state index is 4.72. The molecule has 0 amide bonds. The van der Waals surface area contributed by atoms with Gasteiger partial charge in [-0.25, -0.2) is 4.98 Å². The van der Waals surface area contributed by atoms with Crippen LogP contribution in [0.15, 0.2) is 55.4 Å². The molecule has 0 unspecified atom stereocenters. The van der Waals surface area contributed by atoms with Crippen LogP contribution in [0.2, 0.25) is 0 Å². The van der Waals surface area contributed by atoms with Crippen LogP contribution in [0.1, 0.15) is 38.3 Å². The lowest BCUT2D eigenvalue weighted by molar-refractivity contribution is 0.231. The Bertz CT molecular complexity index is 992. The minimum atomic E-state index is 0.729. The second-order valence-electron chi connectivity index (χ2n) is 8.85. The predicted octanol–water partition coefficient (Wildman–Crippen LogP) is 5.29. The molecule has 1 aromatic carbocycles. The van der Waals surface area contributed by atoms with Crippen molar-refractivity contribution in [3.05, 3.63) is 66.5 Å². The van der Waals surface area contributed by atoms with Crippen LogP contribution < -0.4 is 4.90 Å². The monoisotopic (exact) mass is 402 g/mol. The van der Waals surface area contributed by atoms with Crippen molar-refractivity contribution in [3.63, 3.8) is 0 Å². The average Bonchev–Trinajstić information content (AvgIpc) is 3.17. The fourth-order valence-corrected chi connectivity index (χ4v) is 4.41. The van der Waals surface area contributed by atoms with Crippen LogP contribution in [0.3, 0.4) is 0 Å². The van der Waals surface area contributed by atoms with E-state index in [2.05, 4.69) is 84.3 Å². The molecule has 158 valence electrons. The summed E-state index contributed by atoms with van der Waals surface area (Å²) in [6, 6.07) is 13.2. The highest BCUT2D eigenvalue weighted by molar-refractivity contribution is 5.90. The number of fused-ring (bicyclic) bond motifs is 1. The van der Waals surface area contributed by atoms with Crippen LogP contribution in [0.5, 0.6) is 0 Å². The molecule has 1 saturated heterocycles. The van der Waals surface area contributed by atoms with Crippen molar-refractivity contribution in [2.75, 3.05) is 37.6 Å². The van der Waals surface area contributed by atoms with Gasteiger partial charge in [0, 0.05) is 62.7 Å². The van der Waals surface area contributed by atoms with E-state index in [0.29, 0.717) is 0 Å². The maximum absolute atomic E-state index is 4.72. The van der Waals surface area contributed by atoms with E-state index in [0.717, 1.165) is 50.7 Å². The van der Waals surface area contributed by atoms with Gasteiger partial charge in [-0.1, -0.05) is 51.6 Å². The Labute approximate surface area is 180 Å². The number of pyridine rings is 1. The summed E-state index contributed by atoms with van der Waals surface area (Å²) in [4.78, 5) is 9.83. The smallest absolute Gasteiger partial charge is 0.142 e. The lowest BCUT2D eigenvalue weighted by Crippen LogP contribution is -2.47. The molecule has 4 nitrogen and oxygen atoms in total. The molecule has 30 heavy (non-hydrogen) atoms. The van der Waals surface area contributed by atoms with Gasteiger partial charge >= 0.3 is 0 Å². The molecule has 0 bridgehead atoms. The van der Waals surface area contributed by atoms with E-state index in [1.54, 1.807) is 0 Å². The molecule has 1 aliphatic heterocycles. The minimum absolute atomic E-state index is 0.729. The SMILES string of the molecule is C=C(CC)c1ccc(Cn2ccc3c(N4CCN(CC(C)C)CC4)ccnc32)cc1. The molecule has 1 fully saturated rings. The molecule has 0 spiro atoms. The average molecular weight is 403 g/mol. The Balaban J connectivity index is 1.50. The van der Waals surface area contributed by atoms with Gasteiger partial charge in [0.25, 0.3) is 0 Å². The molecule has 0 saturated carbocycles. The molecule has 4 rings (SSSR count). The molecule has 0 aliphatic carbocycles. The highest BCUT2D eigenvalue weighted by atomic mass is 15.3. The number of piperazine rings is 1. The van der Waals surface area contributed by atoms with Gasteiger partial charge in [0.1, 0.15) is 5.65 Å². The van der Waals surface area contributed by atoms with Gasteiger partial charge in [0.05, 0.1) is 0 Å². The number of rotatable bonds is 7. The van der Waals surface area contributed by atoms with E-state index in [-0.39, 0.29) is 0 Å². The Hall–Kier alpha value is -2.59. The van der Waals surface area contributed by atoms with E-state index >= 15 is 0 Å². The van der Waals surface area contributed by atoms with Gasteiger partial charge in [0.15, 0.2) is 0 Å². The zero-order valence-corrected chi connectivity index (χ0v) is 18.6. The van der Waals surface area contributed by atoms with Gasteiger partial charge in [0.2, 0.25) is 0 Å². The largest absolute Gasteiger partial charge is 0.368 e. The summed E-state index contributed by atoms with van der Waals surface area (Å²) in [5.41, 5.74) is 6.09. The summed E-state index contributed by atoms with van der Waals surface area (Å²) < 4.78 is 2.26. The number of aromatic nitrogens is 2. The summed E-state index contributed by atoms with van der Waals surface area (Å²) in [6.45, 7) is 17.4. The van der Waals surface area contributed by atoms with Crippen molar-refractivity contribution in [2.45, 2.75) is 33.7 Å². The number of benzene rings is 1. The van der Waals surface area contributed by atoms with Crippen LogP contribution in [0.4, 0.5) is 5.69 Å². The Morgan fingerprint density at radius 3 is 2.43 bits per heavy atom. The quantitative estimate of drug-likeness (QED) is 0.537. The lowest BCUT2D eigenvalue weighted by atomic mass is 10.0. The summed E-state index contributed by atoms with van der Waals surface area (Å²) >= 11 is 0. The first-order chi connectivity index (χ1) is 14.5. The van der Waals surface area contributed by atoms with Gasteiger partial charge in [-0.2, -0.15) is 0 Å². The number of nitrogens with zero attached hydrogens (tertiary/aromatic N) is 4. The van der Waals surface area contributed by atoms with Gasteiger partial charge < -0.3 is 9.47 Å². The molecule has 3 aromatic rings. The summed E-state index contributed by atoms with van der Waals surface area (Å²) in [7, 11) is 0. The molecule has 1 aliphatic rings. The number of hydrogen-bond acceptors (Lipinski definition) is 3.